The number of carbonyl (C=O) groups is 1. The van der Waals surface area contributed by atoms with Crippen LogP contribution in [0.3, 0.4) is 0 Å². The van der Waals surface area contributed by atoms with Gasteiger partial charge in [-0.1, -0.05) is 17.7 Å². The number of hydrogen-bond donors (Lipinski definition) is 1. The van der Waals surface area contributed by atoms with Crippen LogP contribution in [0.1, 0.15) is 33.3 Å². The van der Waals surface area contributed by atoms with Gasteiger partial charge in [-0.15, -0.1) is 0 Å². The molecule has 1 aliphatic rings. The monoisotopic (exact) mass is 346 g/mol. The Bertz CT molecular complexity index is 882. The first kappa shape index (κ1) is 16.8. The summed E-state index contributed by atoms with van der Waals surface area (Å²) in [4.78, 5) is 11.6. The van der Waals surface area contributed by atoms with Crippen molar-refractivity contribution in [1.82, 2.24) is 4.57 Å². The van der Waals surface area contributed by atoms with Gasteiger partial charge in [-0.25, -0.2) is 4.79 Å². The first-order valence-corrected chi connectivity index (χ1v) is 7.79. The number of nitrogens with zero attached hydrogens (tertiary/aromatic N) is 2. The molecule has 8 heteroatoms. The van der Waals surface area contributed by atoms with E-state index in [1.165, 1.54) is 6.20 Å². The number of hydrogen-bond acceptors (Lipinski definition) is 4. The van der Waals surface area contributed by atoms with Crippen LogP contribution in [-0.2, 0) is 9.31 Å². The van der Waals surface area contributed by atoms with Gasteiger partial charge < -0.3 is 14.4 Å². The van der Waals surface area contributed by atoms with E-state index in [1.54, 1.807) is 12.1 Å². The highest BCUT2D eigenvalue weighted by Crippen LogP contribution is 2.37. The lowest BCUT2D eigenvalue weighted by molar-refractivity contribution is 0.00578. The van der Waals surface area contributed by atoms with Crippen LogP contribution in [0.15, 0.2) is 18.3 Å². The number of carboxylic acid groups (broad SMARTS) is 1. The third-order valence-corrected chi connectivity index (χ3v) is 5.09. The van der Waals surface area contributed by atoms with Gasteiger partial charge >= 0.3 is 13.2 Å². The predicted molar refractivity (Wildman–Crippen MR) is 90.8 cm³/mol. The molecule has 0 saturated carbocycles. The van der Waals surface area contributed by atoms with Crippen molar-refractivity contribution in [3.05, 3.63) is 28.9 Å². The number of benzene rings is 1. The van der Waals surface area contributed by atoms with Crippen molar-refractivity contribution in [2.24, 2.45) is 0 Å². The fraction of sp³-hybridized carbons (Fsp3) is 0.375. The summed E-state index contributed by atoms with van der Waals surface area (Å²) < 4.78 is 13.0. The van der Waals surface area contributed by atoms with Crippen LogP contribution in [0.25, 0.3) is 10.9 Å². The molecule has 0 radical (unpaired) electrons. The molecule has 24 heavy (non-hydrogen) atoms. The second kappa shape index (κ2) is 5.25. The summed E-state index contributed by atoms with van der Waals surface area (Å²) in [6.07, 6.45) is 0.216. The van der Waals surface area contributed by atoms with Gasteiger partial charge in [-0.2, -0.15) is 5.26 Å². The topological polar surface area (TPSA) is 84.5 Å². The van der Waals surface area contributed by atoms with E-state index in [0.29, 0.717) is 10.8 Å². The molecule has 0 amide bonds. The van der Waals surface area contributed by atoms with Crippen LogP contribution in [0.2, 0.25) is 5.02 Å². The molecule has 1 aliphatic heterocycles. The molecule has 1 saturated heterocycles. The Hall–Kier alpha value is -2.01. The number of nitriles is 1. The standard InChI is InChI=1S/C16H16BClN2O4/c1-15(2)16(3,4)24-17(23-15)11-8-20(14(21)22)13-9(11)5-6-12(18)10(13)7-19/h5-6,8H,1-4H3,(H,21,22). The quantitative estimate of drug-likeness (QED) is 0.802. The minimum Gasteiger partial charge on any atom is -0.464 e. The lowest BCUT2D eigenvalue weighted by Crippen LogP contribution is -2.41. The fourth-order valence-electron chi connectivity index (χ4n) is 2.74. The molecule has 0 unspecified atom stereocenters. The van der Waals surface area contributed by atoms with Crippen molar-refractivity contribution in [3.63, 3.8) is 0 Å². The minimum absolute atomic E-state index is 0.110. The molecule has 0 bridgehead atoms. The van der Waals surface area contributed by atoms with E-state index in [0.717, 1.165) is 4.57 Å². The number of aromatic nitrogens is 1. The Morgan fingerprint density at radius 3 is 2.38 bits per heavy atom. The summed E-state index contributed by atoms with van der Waals surface area (Å²) in [6, 6.07) is 5.22. The molecule has 1 aromatic carbocycles. The zero-order valence-corrected chi connectivity index (χ0v) is 14.5. The number of fused-ring (bicyclic) bond motifs is 1. The zero-order valence-electron chi connectivity index (χ0n) is 13.8. The third kappa shape index (κ3) is 2.30. The Morgan fingerprint density at radius 1 is 1.29 bits per heavy atom. The molecule has 3 rings (SSSR count). The average Bonchev–Trinajstić information content (AvgIpc) is 2.94. The Labute approximate surface area is 144 Å². The lowest BCUT2D eigenvalue weighted by Gasteiger charge is -2.32. The van der Waals surface area contributed by atoms with Gasteiger partial charge in [-0.3, -0.25) is 4.57 Å². The van der Waals surface area contributed by atoms with Gasteiger partial charge in [0.25, 0.3) is 0 Å². The minimum atomic E-state index is -1.21. The van der Waals surface area contributed by atoms with Crippen molar-refractivity contribution in [2.75, 3.05) is 0 Å². The van der Waals surface area contributed by atoms with E-state index in [1.807, 2.05) is 33.8 Å². The summed E-state index contributed by atoms with van der Waals surface area (Å²) in [7, 11) is -0.731. The molecule has 6 nitrogen and oxygen atoms in total. The number of halogens is 1. The summed E-state index contributed by atoms with van der Waals surface area (Å²) in [6.45, 7) is 7.67. The summed E-state index contributed by atoms with van der Waals surface area (Å²) in [5.41, 5.74) is -0.208. The fourth-order valence-corrected chi connectivity index (χ4v) is 2.93. The summed E-state index contributed by atoms with van der Waals surface area (Å²) in [5, 5.41) is 19.6. The van der Waals surface area contributed by atoms with Gasteiger partial charge in [0.2, 0.25) is 0 Å². The van der Waals surface area contributed by atoms with Crippen molar-refractivity contribution in [3.8, 4) is 6.07 Å². The van der Waals surface area contributed by atoms with Crippen LogP contribution in [0, 0.1) is 11.3 Å². The Kier molecular flexibility index (Phi) is 3.68. The maximum Gasteiger partial charge on any atom is 0.497 e. The van der Waals surface area contributed by atoms with Crippen LogP contribution in [0.5, 0.6) is 0 Å². The van der Waals surface area contributed by atoms with Crippen molar-refractivity contribution in [1.29, 1.82) is 5.26 Å². The molecule has 1 aromatic heterocycles. The first-order valence-electron chi connectivity index (χ1n) is 7.41. The maximum atomic E-state index is 11.6. The highest BCUT2D eigenvalue weighted by Gasteiger charge is 2.52. The van der Waals surface area contributed by atoms with Gasteiger partial charge in [0, 0.05) is 17.0 Å². The molecule has 0 aliphatic carbocycles. The Morgan fingerprint density at radius 2 is 1.88 bits per heavy atom. The van der Waals surface area contributed by atoms with Gasteiger partial charge in [0.1, 0.15) is 6.07 Å². The number of rotatable bonds is 1. The Balaban J connectivity index is 2.25. The molecule has 0 atom stereocenters. The predicted octanol–water partition coefficient (Wildman–Crippen LogP) is 2.99. The van der Waals surface area contributed by atoms with Crippen molar-refractivity contribution in [2.45, 2.75) is 38.9 Å². The van der Waals surface area contributed by atoms with Crippen LogP contribution in [-0.4, -0.2) is 34.1 Å². The molecule has 2 heterocycles. The van der Waals surface area contributed by atoms with Crippen molar-refractivity contribution >= 4 is 41.2 Å². The second-order valence-corrected chi connectivity index (χ2v) is 7.16. The van der Waals surface area contributed by atoms with Gasteiger partial charge in [-0.05, 0) is 33.8 Å². The first-order chi connectivity index (χ1) is 11.1. The van der Waals surface area contributed by atoms with Gasteiger partial charge in [0.15, 0.2) is 0 Å². The van der Waals surface area contributed by atoms with Gasteiger partial charge in [0.05, 0.1) is 27.3 Å². The lowest BCUT2D eigenvalue weighted by atomic mass is 9.79. The second-order valence-electron chi connectivity index (χ2n) is 6.76. The van der Waals surface area contributed by atoms with Crippen molar-refractivity contribution < 1.29 is 19.2 Å². The maximum absolute atomic E-state index is 11.6. The molecule has 1 N–H and O–H groups in total. The largest absolute Gasteiger partial charge is 0.497 e. The van der Waals surface area contributed by atoms with E-state index < -0.39 is 24.4 Å². The van der Waals surface area contributed by atoms with Crippen LogP contribution >= 0.6 is 11.6 Å². The molecule has 1 fully saturated rings. The van der Waals surface area contributed by atoms with Crippen LogP contribution < -0.4 is 5.46 Å². The molecule has 0 spiro atoms. The van der Waals surface area contributed by atoms with Crippen LogP contribution in [0.4, 0.5) is 4.79 Å². The van der Waals surface area contributed by atoms with E-state index in [4.69, 9.17) is 20.9 Å². The molecule has 124 valence electrons. The summed E-state index contributed by atoms with van der Waals surface area (Å²) in [5.74, 6) is 0. The molecule has 2 aromatic rings. The van der Waals surface area contributed by atoms with E-state index in [2.05, 4.69) is 0 Å². The highest BCUT2D eigenvalue weighted by atomic mass is 35.5. The molecular weight excluding hydrogens is 330 g/mol. The molecular formula is C16H16BClN2O4. The highest BCUT2D eigenvalue weighted by molar-refractivity contribution is 6.65. The zero-order chi connectivity index (χ0) is 17.9. The normalized spacial score (nSPS) is 18.8. The van der Waals surface area contributed by atoms with E-state index in [-0.39, 0.29) is 16.1 Å². The van der Waals surface area contributed by atoms with E-state index in [9.17, 15) is 15.2 Å². The smallest absolute Gasteiger partial charge is 0.464 e. The average molecular weight is 347 g/mol. The summed E-state index contributed by atoms with van der Waals surface area (Å²) >= 11 is 6.05. The third-order valence-electron chi connectivity index (χ3n) is 4.77. The van der Waals surface area contributed by atoms with E-state index >= 15 is 0 Å². The SMILES string of the molecule is CC1(C)OB(c2cn(C(=O)O)c3c(C#N)c(Cl)ccc23)OC1(C)C.